The number of rotatable bonds is 4. The summed E-state index contributed by atoms with van der Waals surface area (Å²) in [7, 11) is 0. The van der Waals surface area contributed by atoms with E-state index in [9.17, 15) is 4.79 Å². The topological polar surface area (TPSA) is 81.4 Å². The van der Waals surface area contributed by atoms with E-state index in [1.54, 1.807) is 23.4 Å². The molecule has 0 aliphatic carbocycles. The van der Waals surface area contributed by atoms with Gasteiger partial charge in [0.2, 0.25) is 5.76 Å². The Morgan fingerprint density at radius 3 is 2.95 bits per heavy atom. The van der Waals surface area contributed by atoms with Crippen molar-refractivity contribution in [3.63, 3.8) is 0 Å². The number of carbonyl (C=O) groups excluding carboxylic acids is 1. The highest BCUT2D eigenvalue weighted by atomic mass is 16.5. The van der Waals surface area contributed by atoms with Crippen LogP contribution in [0.2, 0.25) is 0 Å². The van der Waals surface area contributed by atoms with Gasteiger partial charge in [0.15, 0.2) is 0 Å². The highest BCUT2D eigenvalue weighted by Crippen LogP contribution is 2.17. The van der Waals surface area contributed by atoms with E-state index in [4.69, 9.17) is 9.26 Å². The lowest BCUT2D eigenvalue weighted by molar-refractivity contribution is 0.0481. The van der Waals surface area contributed by atoms with E-state index in [1.807, 2.05) is 6.92 Å². The maximum atomic E-state index is 12.2. The molecule has 0 saturated carbocycles. The summed E-state index contributed by atoms with van der Waals surface area (Å²) in [5, 5.41) is 3.57. The van der Waals surface area contributed by atoms with Gasteiger partial charge in [-0.3, -0.25) is 4.79 Å². The van der Waals surface area contributed by atoms with E-state index in [2.05, 4.69) is 15.1 Å². The fourth-order valence-corrected chi connectivity index (χ4v) is 2.44. The van der Waals surface area contributed by atoms with Crippen molar-refractivity contribution in [2.24, 2.45) is 0 Å². The molecule has 7 heteroatoms. The van der Waals surface area contributed by atoms with Crippen LogP contribution in [-0.2, 0) is 6.42 Å². The number of aromatic nitrogens is 3. The molecule has 3 rings (SSSR count). The van der Waals surface area contributed by atoms with Crippen molar-refractivity contribution < 1.29 is 14.1 Å². The fourth-order valence-electron chi connectivity index (χ4n) is 2.44. The molecule has 0 radical (unpaired) electrons. The molecule has 0 spiro atoms. The van der Waals surface area contributed by atoms with Crippen LogP contribution in [0, 0.1) is 0 Å². The largest absolute Gasteiger partial charge is 0.458 e. The van der Waals surface area contributed by atoms with Gasteiger partial charge in [-0.2, -0.15) is 0 Å². The van der Waals surface area contributed by atoms with Crippen LogP contribution in [0.15, 0.2) is 29.2 Å². The summed E-state index contributed by atoms with van der Waals surface area (Å²) >= 11 is 0. The van der Waals surface area contributed by atoms with E-state index in [1.165, 1.54) is 6.20 Å². The minimum Gasteiger partial charge on any atom is -0.458 e. The number of hydrogen-bond acceptors (Lipinski definition) is 6. The van der Waals surface area contributed by atoms with Gasteiger partial charge < -0.3 is 14.2 Å². The van der Waals surface area contributed by atoms with Gasteiger partial charge in [0.1, 0.15) is 6.10 Å². The number of likely N-dealkylation sites (tertiary alicyclic amines) is 1. The summed E-state index contributed by atoms with van der Waals surface area (Å²) in [6, 6.07) is 1.93. The lowest BCUT2D eigenvalue weighted by Crippen LogP contribution is -2.44. The molecule has 1 saturated heterocycles. The van der Waals surface area contributed by atoms with Crippen molar-refractivity contribution in [3.8, 4) is 6.01 Å². The van der Waals surface area contributed by atoms with E-state index in [0.29, 0.717) is 19.1 Å². The quantitative estimate of drug-likeness (QED) is 0.855. The van der Waals surface area contributed by atoms with Crippen LogP contribution in [0.1, 0.15) is 35.9 Å². The normalized spacial score (nSPS) is 18.2. The second kappa shape index (κ2) is 6.55. The van der Waals surface area contributed by atoms with Gasteiger partial charge in [-0.1, -0.05) is 12.1 Å². The first-order valence-electron chi connectivity index (χ1n) is 7.44. The third-order valence-corrected chi connectivity index (χ3v) is 3.68. The molecule has 0 aromatic carbocycles. The van der Waals surface area contributed by atoms with Crippen LogP contribution in [0.4, 0.5) is 0 Å². The summed E-state index contributed by atoms with van der Waals surface area (Å²) < 4.78 is 10.7. The van der Waals surface area contributed by atoms with Crippen LogP contribution in [0.3, 0.4) is 0 Å². The molecule has 7 nitrogen and oxygen atoms in total. The van der Waals surface area contributed by atoms with Gasteiger partial charge in [0, 0.05) is 25.0 Å². The first-order chi connectivity index (χ1) is 10.8. The van der Waals surface area contributed by atoms with Gasteiger partial charge in [0.25, 0.3) is 5.91 Å². The molecule has 2 aromatic heterocycles. The molecule has 1 aliphatic heterocycles. The highest BCUT2D eigenvalue weighted by molar-refractivity contribution is 5.91. The fraction of sp³-hybridized carbons (Fsp3) is 0.467. The van der Waals surface area contributed by atoms with Crippen molar-refractivity contribution in [3.05, 3.63) is 36.0 Å². The van der Waals surface area contributed by atoms with Crippen LogP contribution < -0.4 is 4.74 Å². The maximum absolute atomic E-state index is 12.2. The molecule has 3 heterocycles. The summed E-state index contributed by atoms with van der Waals surface area (Å²) in [5.74, 6) is 0.0947. The number of nitrogens with zero attached hydrogens (tertiary/aromatic N) is 4. The Labute approximate surface area is 128 Å². The lowest BCUT2D eigenvalue weighted by atomic mass is 10.1. The van der Waals surface area contributed by atoms with Gasteiger partial charge in [-0.25, -0.2) is 9.97 Å². The minimum absolute atomic E-state index is 0.104. The highest BCUT2D eigenvalue weighted by Gasteiger charge is 2.27. The number of hydrogen-bond donors (Lipinski definition) is 0. The lowest BCUT2D eigenvalue weighted by Gasteiger charge is -2.31. The SMILES string of the molecule is CCc1cnc(OC2CCCN(C(=O)c3ccno3)C2)nc1. The average molecular weight is 302 g/mol. The predicted octanol–water partition coefficient (Wildman–Crippen LogP) is 1.71. The monoisotopic (exact) mass is 302 g/mol. The zero-order chi connectivity index (χ0) is 15.4. The Morgan fingerprint density at radius 2 is 2.27 bits per heavy atom. The summed E-state index contributed by atoms with van der Waals surface area (Å²) in [4.78, 5) is 22.4. The first kappa shape index (κ1) is 14.5. The number of carbonyl (C=O) groups is 1. The Balaban J connectivity index is 1.61. The van der Waals surface area contributed by atoms with Crippen molar-refractivity contribution in [2.45, 2.75) is 32.3 Å². The van der Waals surface area contributed by atoms with Crippen molar-refractivity contribution in [1.29, 1.82) is 0 Å². The van der Waals surface area contributed by atoms with Crippen LogP contribution in [-0.4, -0.2) is 45.1 Å². The molecule has 2 aromatic rings. The number of amides is 1. The maximum Gasteiger partial charge on any atom is 0.316 e. The van der Waals surface area contributed by atoms with Gasteiger partial charge in [-0.05, 0) is 24.8 Å². The van der Waals surface area contributed by atoms with Gasteiger partial charge >= 0.3 is 6.01 Å². The van der Waals surface area contributed by atoms with Crippen molar-refractivity contribution >= 4 is 5.91 Å². The van der Waals surface area contributed by atoms with Crippen LogP contribution >= 0.6 is 0 Å². The summed E-state index contributed by atoms with van der Waals surface area (Å²) in [6.07, 6.45) is 7.53. The molecule has 1 amide bonds. The Kier molecular flexibility index (Phi) is 4.32. The standard InChI is InChI=1S/C15H18N4O3/c1-2-11-8-16-15(17-9-11)21-12-4-3-7-19(10-12)14(20)13-5-6-18-22-13/h5-6,8-9,12H,2-4,7,10H2,1H3. The number of aryl methyl sites for hydroxylation is 1. The van der Waals surface area contributed by atoms with Crippen LogP contribution in [0.5, 0.6) is 6.01 Å². The smallest absolute Gasteiger partial charge is 0.316 e. The third kappa shape index (κ3) is 3.24. The first-order valence-corrected chi connectivity index (χ1v) is 7.44. The molecular formula is C15H18N4O3. The van der Waals surface area contributed by atoms with E-state index in [-0.39, 0.29) is 17.8 Å². The molecule has 116 valence electrons. The predicted molar refractivity (Wildman–Crippen MR) is 77.5 cm³/mol. The molecule has 0 N–H and O–H groups in total. The van der Waals surface area contributed by atoms with Crippen molar-refractivity contribution in [1.82, 2.24) is 20.0 Å². The zero-order valence-corrected chi connectivity index (χ0v) is 12.4. The molecule has 1 atom stereocenters. The molecule has 1 fully saturated rings. The minimum atomic E-state index is -0.159. The van der Waals surface area contributed by atoms with E-state index >= 15 is 0 Å². The molecule has 0 bridgehead atoms. The molecule has 22 heavy (non-hydrogen) atoms. The molecular weight excluding hydrogens is 284 g/mol. The number of ether oxygens (including phenoxy) is 1. The van der Waals surface area contributed by atoms with Crippen LogP contribution in [0.25, 0.3) is 0 Å². The summed E-state index contributed by atoms with van der Waals surface area (Å²) in [6.45, 7) is 3.24. The van der Waals surface area contributed by atoms with E-state index in [0.717, 1.165) is 24.8 Å². The third-order valence-electron chi connectivity index (χ3n) is 3.68. The Hall–Kier alpha value is -2.44. The Bertz CT molecular complexity index is 612. The Morgan fingerprint density at radius 1 is 1.45 bits per heavy atom. The average Bonchev–Trinajstić information content (AvgIpc) is 3.09. The summed E-state index contributed by atoms with van der Waals surface area (Å²) in [5.41, 5.74) is 1.07. The molecule has 1 unspecified atom stereocenters. The van der Waals surface area contributed by atoms with E-state index < -0.39 is 0 Å². The van der Waals surface area contributed by atoms with Gasteiger partial charge in [0.05, 0.1) is 12.7 Å². The second-order valence-corrected chi connectivity index (χ2v) is 5.24. The van der Waals surface area contributed by atoms with Crippen molar-refractivity contribution in [2.75, 3.05) is 13.1 Å². The second-order valence-electron chi connectivity index (χ2n) is 5.24. The molecule has 1 aliphatic rings. The number of piperidine rings is 1. The zero-order valence-electron chi connectivity index (χ0n) is 12.4. The van der Waals surface area contributed by atoms with Gasteiger partial charge in [-0.15, -0.1) is 0 Å².